The number of anilines is 1. The maximum absolute atomic E-state index is 12.6. The summed E-state index contributed by atoms with van der Waals surface area (Å²) in [6.07, 6.45) is -3.82. The van der Waals surface area contributed by atoms with Gasteiger partial charge in [-0.25, -0.2) is 4.98 Å². The van der Waals surface area contributed by atoms with Gasteiger partial charge < -0.3 is 14.7 Å². The Morgan fingerprint density at radius 2 is 2.29 bits per heavy atom. The van der Waals surface area contributed by atoms with Crippen LogP contribution in [-0.2, 0) is 10.9 Å². The molecule has 1 aromatic heterocycles. The first-order valence-electron chi connectivity index (χ1n) is 6.54. The molecular formula is C13H16ClF3N2O2. The molecule has 1 aliphatic heterocycles. The van der Waals surface area contributed by atoms with Crippen LogP contribution >= 0.6 is 11.6 Å². The van der Waals surface area contributed by atoms with Gasteiger partial charge in [-0.15, -0.1) is 0 Å². The van der Waals surface area contributed by atoms with Crippen molar-refractivity contribution in [1.29, 1.82) is 0 Å². The summed E-state index contributed by atoms with van der Waals surface area (Å²) in [5.41, 5.74) is -0.878. The third kappa shape index (κ3) is 3.99. The van der Waals surface area contributed by atoms with Gasteiger partial charge in [-0.05, 0) is 19.4 Å². The van der Waals surface area contributed by atoms with Gasteiger partial charge in [-0.3, -0.25) is 0 Å². The number of aliphatic hydroxyl groups excluding tert-OH is 1. The summed E-state index contributed by atoms with van der Waals surface area (Å²) in [7, 11) is 0. The Morgan fingerprint density at radius 1 is 1.57 bits per heavy atom. The van der Waals surface area contributed by atoms with Gasteiger partial charge in [0.05, 0.1) is 35.9 Å². The molecule has 2 heterocycles. The van der Waals surface area contributed by atoms with Crippen molar-refractivity contribution < 1.29 is 23.0 Å². The van der Waals surface area contributed by atoms with E-state index in [1.165, 1.54) is 0 Å². The van der Waals surface area contributed by atoms with Crippen LogP contribution in [-0.4, -0.2) is 42.0 Å². The van der Waals surface area contributed by atoms with Gasteiger partial charge >= 0.3 is 6.18 Å². The van der Waals surface area contributed by atoms with E-state index >= 15 is 0 Å². The van der Waals surface area contributed by atoms with Gasteiger partial charge in [0.15, 0.2) is 0 Å². The number of aromatic nitrogens is 1. The standard InChI is InChI=1S/C13H16ClF3N2O2/c1-8(20)4-10-7-21-3-2-19(10)12-11(14)5-9(6-18-12)13(15,16)17/h5-6,8,10,20H,2-4,7H2,1H3/t8-,10-/m1/s1. The number of halogens is 4. The third-order valence-electron chi connectivity index (χ3n) is 3.26. The lowest BCUT2D eigenvalue weighted by molar-refractivity contribution is -0.137. The number of nitrogens with zero attached hydrogens (tertiary/aromatic N) is 2. The molecule has 1 N–H and O–H groups in total. The highest BCUT2D eigenvalue weighted by Gasteiger charge is 2.33. The van der Waals surface area contributed by atoms with E-state index in [0.717, 1.165) is 12.3 Å². The molecule has 2 rings (SSSR count). The molecule has 118 valence electrons. The third-order valence-corrected chi connectivity index (χ3v) is 3.54. The van der Waals surface area contributed by atoms with Crippen molar-refractivity contribution in [2.24, 2.45) is 0 Å². The van der Waals surface area contributed by atoms with E-state index in [2.05, 4.69) is 4.98 Å². The van der Waals surface area contributed by atoms with Crippen LogP contribution in [0.15, 0.2) is 12.3 Å². The SMILES string of the molecule is C[C@@H](O)C[C@@H]1COCCN1c1ncc(C(F)(F)F)cc1Cl. The zero-order valence-electron chi connectivity index (χ0n) is 11.4. The van der Waals surface area contributed by atoms with Crippen LogP contribution in [0.4, 0.5) is 19.0 Å². The van der Waals surface area contributed by atoms with Crippen molar-refractivity contribution in [3.05, 3.63) is 22.8 Å². The second-order valence-electron chi connectivity index (χ2n) is 5.03. The maximum atomic E-state index is 12.6. The van der Waals surface area contributed by atoms with Gasteiger partial charge in [0.25, 0.3) is 0 Å². The van der Waals surface area contributed by atoms with Gasteiger partial charge in [0, 0.05) is 12.7 Å². The van der Waals surface area contributed by atoms with Crippen LogP contribution in [0.5, 0.6) is 0 Å². The molecule has 0 radical (unpaired) electrons. The lowest BCUT2D eigenvalue weighted by Crippen LogP contribution is -2.47. The monoisotopic (exact) mass is 324 g/mol. The van der Waals surface area contributed by atoms with Crippen molar-refractivity contribution >= 4 is 17.4 Å². The fraction of sp³-hybridized carbons (Fsp3) is 0.615. The molecule has 0 aromatic carbocycles. The molecule has 4 nitrogen and oxygen atoms in total. The summed E-state index contributed by atoms with van der Waals surface area (Å²) in [5.74, 6) is 0.290. The highest BCUT2D eigenvalue weighted by Crippen LogP contribution is 2.34. The molecule has 1 saturated heterocycles. The van der Waals surface area contributed by atoms with Crippen LogP contribution in [0.3, 0.4) is 0 Å². The normalized spacial score (nSPS) is 21.4. The largest absolute Gasteiger partial charge is 0.417 e. The highest BCUT2D eigenvalue weighted by molar-refractivity contribution is 6.33. The second-order valence-corrected chi connectivity index (χ2v) is 5.44. The molecule has 1 aliphatic rings. The van der Waals surface area contributed by atoms with E-state index in [9.17, 15) is 18.3 Å². The first-order valence-corrected chi connectivity index (χ1v) is 6.92. The van der Waals surface area contributed by atoms with Crippen LogP contribution in [0.2, 0.25) is 5.02 Å². The van der Waals surface area contributed by atoms with Crippen molar-refractivity contribution in [1.82, 2.24) is 4.98 Å². The zero-order valence-corrected chi connectivity index (χ0v) is 12.2. The van der Waals surface area contributed by atoms with E-state index in [-0.39, 0.29) is 11.1 Å². The van der Waals surface area contributed by atoms with E-state index in [4.69, 9.17) is 16.3 Å². The molecule has 0 saturated carbocycles. The highest BCUT2D eigenvalue weighted by atomic mass is 35.5. The molecule has 0 unspecified atom stereocenters. The molecule has 8 heteroatoms. The minimum absolute atomic E-state index is 0.0534. The van der Waals surface area contributed by atoms with Crippen LogP contribution in [0.1, 0.15) is 18.9 Å². The molecule has 0 spiro atoms. The van der Waals surface area contributed by atoms with Crippen LogP contribution in [0.25, 0.3) is 0 Å². The molecule has 1 fully saturated rings. The first kappa shape index (κ1) is 16.3. The number of hydrogen-bond donors (Lipinski definition) is 1. The van der Waals surface area contributed by atoms with E-state index in [1.54, 1.807) is 11.8 Å². The van der Waals surface area contributed by atoms with Gasteiger partial charge in [-0.1, -0.05) is 11.6 Å². The minimum atomic E-state index is -4.47. The molecule has 0 aliphatic carbocycles. The fourth-order valence-corrected chi connectivity index (χ4v) is 2.59. The minimum Gasteiger partial charge on any atom is -0.393 e. The van der Waals surface area contributed by atoms with Crippen molar-refractivity contribution in [3.63, 3.8) is 0 Å². The van der Waals surface area contributed by atoms with Crippen molar-refractivity contribution in [3.8, 4) is 0 Å². The number of aliphatic hydroxyl groups is 1. The summed E-state index contributed by atoms with van der Waals surface area (Å²) in [4.78, 5) is 5.65. The molecule has 21 heavy (non-hydrogen) atoms. The lowest BCUT2D eigenvalue weighted by atomic mass is 10.1. The first-order chi connectivity index (χ1) is 9.79. The average molecular weight is 325 g/mol. The Kier molecular flexibility index (Phi) is 4.95. The average Bonchev–Trinajstić information content (AvgIpc) is 2.38. The molecule has 0 bridgehead atoms. The summed E-state index contributed by atoms with van der Waals surface area (Å²) in [6, 6.07) is 0.708. The zero-order chi connectivity index (χ0) is 15.6. The van der Waals surface area contributed by atoms with Gasteiger partial charge in [0.1, 0.15) is 5.82 Å². The summed E-state index contributed by atoms with van der Waals surface area (Å²) in [5, 5.41) is 9.45. The van der Waals surface area contributed by atoms with Crippen molar-refractivity contribution in [2.75, 3.05) is 24.7 Å². The Balaban J connectivity index is 2.26. The lowest BCUT2D eigenvalue weighted by Gasteiger charge is -2.37. The molecular weight excluding hydrogens is 309 g/mol. The molecule has 2 atom stereocenters. The van der Waals surface area contributed by atoms with E-state index in [0.29, 0.717) is 32.0 Å². The number of ether oxygens (including phenoxy) is 1. The van der Waals surface area contributed by atoms with E-state index in [1.807, 2.05) is 0 Å². The number of alkyl halides is 3. The molecule has 1 aromatic rings. The van der Waals surface area contributed by atoms with Crippen LogP contribution < -0.4 is 4.90 Å². The van der Waals surface area contributed by atoms with Gasteiger partial charge in [0.2, 0.25) is 0 Å². The van der Waals surface area contributed by atoms with E-state index < -0.39 is 17.8 Å². The summed E-state index contributed by atoms with van der Waals surface area (Å²) < 4.78 is 43.2. The Hall–Kier alpha value is -1.05. The maximum Gasteiger partial charge on any atom is 0.417 e. The second kappa shape index (κ2) is 6.37. The summed E-state index contributed by atoms with van der Waals surface area (Å²) in [6.45, 7) is 2.93. The Labute approximate surface area is 125 Å². The molecule has 0 amide bonds. The Morgan fingerprint density at radius 3 is 2.86 bits per heavy atom. The van der Waals surface area contributed by atoms with Gasteiger partial charge in [-0.2, -0.15) is 13.2 Å². The Bertz CT molecular complexity index is 497. The quantitative estimate of drug-likeness (QED) is 0.928. The van der Waals surface area contributed by atoms with Crippen LogP contribution in [0, 0.1) is 0 Å². The number of hydrogen-bond acceptors (Lipinski definition) is 4. The predicted molar refractivity (Wildman–Crippen MR) is 72.5 cm³/mol. The fourth-order valence-electron chi connectivity index (χ4n) is 2.32. The number of rotatable bonds is 3. The smallest absolute Gasteiger partial charge is 0.393 e. The predicted octanol–water partition coefficient (Wildman–Crippen LogP) is 2.73. The van der Waals surface area contributed by atoms with Crippen molar-refractivity contribution in [2.45, 2.75) is 31.7 Å². The topological polar surface area (TPSA) is 45.6 Å². The number of morpholine rings is 1. The summed E-state index contributed by atoms with van der Waals surface area (Å²) >= 11 is 5.96. The number of pyridine rings is 1.